The number of hydrogen-bond acceptors (Lipinski definition) is 4. The van der Waals surface area contributed by atoms with Crippen LogP contribution in [0.15, 0.2) is 23.1 Å². The highest BCUT2D eigenvalue weighted by Gasteiger charge is 2.28. The molecule has 0 radical (unpaired) electrons. The molecule has 140 valence electrons. The Morgan fingerprint density at radius 2 is 1.96 bits per heavy atom. The fraction of sp³-hybridized carbons (Fsp3) is 0.588. The highest BCUT2D eigenvalue weighted by Crippen LogP contribution is 2.24. The molecule has 0 bridgehead atoms. The van der Waals surface area contributed by atoms with Crippen molar-refractivity contribution in [1.29, 1.82) is 0 Å². The van der Waals surface area contributed by atoms with Crippen molar-refractivity contribution in [3.63, 3.8) is 0 Å². The Balaban J connectivity index is 2.14. The van der Waals surface area contributed by atoms with Crippen LogP contribution in [0.25, 0.3) is 0 Å². The van der Waals surface area contributed by atoms with Crippen molar-refractivity contribution in [3.8, 4) is 5.75 Å². The van der Waals surface area contributed by atoms with Gasteiger partial charge >= 0.3 is 0 Å². The fourth-order valence-electron chi connectivity index (χ4n) is 2.82. The predicted molar refractivity (Wildman–Crippen MR) is 92.4 cm³/mol. The molecular formula is C17H25FN2O4S. The van der Waals surface area contributed by atoms with Crippen LogP contribution in [0.2, 0.25) is 0 Å². The number of amides is 1. The number of halogens is 1. The van der Waals surface area contributed by atoms with E-state index in [9.17, 15) is 17.6 Å². The Morgan fingerprint density at radius 1 is 1.20 bits per heavy atom. The van der Waals surface area contributed by atoms with Crippen LogP contribution in [-0.4, -0.2) is 56.3 Å². The molecule has 1 aliphatic heterocycles. The lowest BCUT2D eigenvalue weighted by atomic mass is 10.3. The highest BCUT2D eigenvalue weighted by atomic mass is 32.2. The van der Waals surface area contributed by atoms with Gasteiger partial charge in [0.25, 0.3) is 0 Å². The van der Waals surface area contributed by atoms with E-state index in [4.69, 9.17) is 4.74 Å². The summed E-state index contributed by atoms with van der Waals surface area (Å²) in [6.07, 6.45) is 1.80. The first-order valence-electron chi connectivity index (χ1n) is 8.60. The number of nitrogens with zero attached hydrogens (tertiary/aromatic N) is 2. The van der Waals surface area contributed by atoms with Crippen molar-refractivity contribution in [3.05, 3.63) is 24.0 Å². The quantitative estimate of drug-likeness (QED) is 0.768. The molecule has 0 N–H and O–H groups in total. The molecule has 1 fully saturated rings. The molecule has 25 heavy (non-hydrogen) atoms. The first-order chi connectivity index (χ1) is 11.9. The number of carbonyl (C=O) groups is 1. The largest absolute Gasteiger partial charge is 0.491 e. The molecule has 2 rings (SSSR count). The van der Waals surface area contributed by atoms with Crippen LogP contribution >= 0.6 is 0 Å². The van der Waals surface area contributed by atoms with E-state index in [0.29, 0.717) is 39.1 Å². The molecule has 0 unspecified atom stereocenters. The zero-order valence-electron chi connectivity index (χ0n) is 14.7. The number of hydrogen-bond donors (Lipinski definition) is 0. The van der Waals surface area contributed by atoms with E-state index in [0.717, 1.165) is 12.5 Å². The maximum Gasteiger partial charge on any atom is 0.243 e. The first kappa shape index (κ1) is 19.7. The zero-order chi connectivity index (χ0) is 18.4. The van der Waals surface area contributed by atoms with Gasteiger partial charge in [-0.2, -0.15) is 4.31 Å². The molecule has 0 aromatic heterocycles. The number of carbonyl (C=O) groups excluding carboxylic acids is 1. The monoisotopic (exact) mass is 372 g/mol. The minimum Gasteiger partial charge on any atom is -0.491 e. The third-order valence-electron chi connectivity index (χ3n) is 4.11. The molecule has 1 aromatic rings. The zero-order valence-corrected chi connectivity index (χ0v) is 15.5. The summed E-state index contributed by atoms with van der Waals surface area (Å²) in [6, 6.07) is 3.68. The Labute approximate surface area is 148 Å². The molecule has 1 amide bonds. The number of benzene rings is 1. The van der Waals surface area contributed by atoms with Gasteiger partial charge < -0.3 is 9.64 Å². The summed E-state index contributed by atoms with van der Waals surface area (Å²) in [4.78, 5) is 13.6. The molecule has 1 aromatic carbocycles. The van der Waals surface area contributed by atoms with Gasteiger partial charge in [0.1, 0.15) is 0 Å². The summed E-state index contributed by atoms with van der Waals surface area (Å²) in [5.74, 6) is -0.611. The van der Waals surface area contributed by atoms with E-state index in [1.807, 2.05) is 6.92 Å². The lowest BCUT2D eigenvalue weighted by molar-refractivity contribution is -0.131. The molecule has 1 aliphatic rings. The lowest BCUT2D eigenvalue weighted by Crippen LogP contribution is -2.37. The average molecular weight is 372 g/mol. The number of ether oxygens (including phenoxy) is 1. The molecule has 0 saturated carbocycles. The maximum absolute atomic E-state index is 14.0. The SMILES string of the molecule is CCCC(=O)N1CCCN(S(=O)(=O)c2ccc(OCC)c(F)c2)CC1. The van der Waals surface area contributed by atoms with Crippen LogP contribution in [0.3, 0.4) is 0 Å². The Hall–Kier alpha value is -1.67. The topological polar surface area (TPSA) is 66.9 Å². The number of rotatable bonds is 6. The van der Waals surface area contributed by atoms with Crippen molar-refractivity contribution in [2.24, 2.45) is 0 Å². The predicted octanol–water partition coefficient (Wildman–Crippen LogP) is 2.25. The van der Waals surface area contributed by atoms with Crippen molar-refractivity contribution in [2.75, 3.05) is 32.8 Å². The maximum atomic E-state index is 14.0. The van der Waals surface area contributed by atoms with Gasteiger partial charge in [0.2, 0.25) is 15.9 Å². The third kappa shape index (κ3) is 4.70. The van der Waals surface area contributed by atoms with Crippen LogP contribution in [0.5, 0.6) is 5.75 Å². The highest BCUT2D eigenvalue weighted by molar-refractivity contribution is 7.89. The molecule has 6 nitrogen and oxygen atoms in total. The second-order valence-corrected chi connectivity index (χ2v) is 7.85. The smallest absolute Gasteiger partial charge is 0.243 e. The molecule has 0 aliphatic carbocycles. The Kier molecular flexibility index (Phi) is 6.78. The number of sulfonamides is 1. The van der Waals surface area contributed by atoms with E-state index in [1.165, 1.54) is 16.4 Å². The molecular weight excluding hydrogens is 347 g/mol. The minimum atomic E-state index is -3.80. The molecule has 0 spiro atoms. The molecule has 0 atom stereocenters. The summed E-state index contributed by atoms with van der Waals surface area (Å²) in [6.45, 7) is 5.40. The van der Waals surface area contributed by atoms with Gasteiger partial charge in [-0.3, -0.25) is 4.79 Å². The van der Waals surface area contributed by atoms with Crippen LogP contribution in [0.4, 0.5) is 4.39 Å². The lowest BCUT2D eigenvalue weighted by Gasteiger charge is -2.22. The van der Waals surface area contributed by atoms with Gasteiger partial charge in [-0.05, 0) is 38.0 Å². The Morgan fingerprint density at radius 3 is 2.60 bits per heavy atom. The van der Waals surface area contributed by atoms with Gasteiger partial charge in [-0.15, -0.1) is 0 Å². The summed E-state index contributed by atoms with van der Waals surface area (Å²) >= 11 is 0. The van der Waals surface area contributed by atoms with Crippen molar-refractivity contribution >= 4 is 15.9 Å². The van der Waals surface area contributed by atoms with Gasteiger partial charge in [-0.25, -0.2) is 12.8 Å². The Bertz CT molecular complexity index is 709. The van der Waals surface area contributed by atoms with Crippen LogP contribution in [0.1, 0.15) is 33.1 Å². The average Bonchev–Trinajstić information content (AvgIpc) is 2.83. The second-order valence-electron chi connectivity index (χ2n) is 5.91. The third-order valence-corrected chi connectivity index (χ3v) is 6.01. The minimum absolute atomic E-state index is 0.0358. The van der Waals surface area contributed by atoms with Crippen molar-refractivity contribution in [1.82, 2.24) is 9.21 Å². The molecule has 8 heteroatoms. The van der Waals surface area contributed by atoms with E-state index < -0.39 is 15.8 Å². The summed E-state index contributed by atoms with van der Waals surface area (Å²) in [7, 11) is -3.80. The summed E-state index contributed by atoms with van der Waals surface area (Å²) < 4.78 is 46.0. The van der Waals surface area contributed by atoms with E-state index in [-0.39, 0.29) is 23.1 Å². The van der Waals surface area contributed by atoms with Crippen LogP contribution in [-0.2, 0) is 14.8 Å². The summed E-state index contributed by atoms with van der Waals surface area (Å²) in [5, 5.41) is 0. The van der Waals surface area contributed by atoms with E-state index in [2.05, 4.69) is 0 Å². The fourth-order valence-corrected chi connectivity index (χ4v) is 4.30. The van der Waals surface area contributed by atoms with Crippen molar-refractivity contribution < 1.29 is 22.3 Å². The van der Waals surface area contributed by atoms with Gasteiger partial charge in [-0.1, -0.05) is 6.92 Å². The summed E-state index contributed by atoms with van der Waals surface area (Å²) in [5.41, 5.74) is 0. The molecule has 1 saturated heterocycles. The molecule has 1 heterocycles. The van der Waals surface area contributed by atoms with E-state index >= 15 is 0 Å². The first-order valence-corrected chi connectivity index (χ1v) is 10.0. The normalized spacial score (nSPS) is 16.5. The van der Waals surface area contributed by atoms with Gasteiger partial charge in [0.15, 0.2) is 11.6 Å². The van der Waals surface area contributed by atoms with E-state index in [1.54, 1.807) is 11.8 Å². The standard InChI is InChI=1S/C17H25FN2O4S/c1-3-6-17(21)19-9-5-10-20(12-11-19)25(22,23)14-7-8-16(24-4-2)15(18)13-14/h7-8,13H,3-6,9-12H2,1-2H3. The second kappa shape index (κ2) is 8.62. The van der Waals surface area contributed by atoms with Crippen LogP contribution in [0, 0.1) is 5.82 Å². The van der Waals surface area contributed by atoms with Gasteiger partial charge in [0.05, 0.1) is 11.5 Å². The van der Waals surface area contributed by atoms with Gasteiger partial charge in [0, 0.05) is 32.6 Å². The van der Waals surface area contributed by atoms with Crippen molar-refractivity contribution in [2.45, 2.75) is 38.0 Å². The van der Waals surface area contributed by atoms with Crippen LogP contribution < -0.4 is 4.74 Å².